The van der Waals surface area contributed by atoms with Gasteiger partial charge in [-0.2, -0.15) is 16.8 Å². The number of benzene rings is 2. The Morgan fingerprint density at radius 1 is 0.950 bits per heavy atom. The van der Waals surface area contributed by atoms with Crippen molar-refractivity contribution in [3.63, 3.8) is 0 Å². The first-order valence-corrected chi connectivity index (χ1v) is 7.90. The maximum atomic E-state index is 11.3. The van der Waals surface area contributed by atoms with E-state index in [2.05, 4.69) is 0 Å². The van der Waals surface area contributed by atoms with E-state index < -0.39 is 35.8 Å². The highest BCUT2D eigenvalue weighted by atomic mass is 32.2. The van der Waals surface area contributed by atoms with Crippen LogP contribution in [0.15, 0.2) is 34.1 Å². The van der Waals surface area contributed by atoms with Crippen molar-refractivity contribution in [2.24, 2.45) is 0 Å². The van der Waals surface area contributed by atoms with Crippen LogP contribution < -0.4 is 5.73 Å². The van der Waals surface area contributed by atoms with Crippen LogP contribution in [0, 0.1) is 0 Å². The number of nitrogen functional groups attached to an aromatic ring is 1. The molecule has 0 fully saturated rings. The quantitative estimate of drug-likeness (QED) is 0.463. The number of nitrogens with two attached hydrogens (primary N) is 1. The smallest absolute Gasteiger partial charge is 0.298 e. The van der Waals surface area contributed by atoms with Gasteiger partial charge in [0.1, 0.15) is 10.6 Å². The lowest BCUT2D eigenvalue weighted by molar-refractivity contribution is 0.445. The van der Waals surface area contributed by atoms with Gasteiger partial charge in [-0.05, 0) is 23.6 Å². The maximum absolute atomic E-state index is 11.3. The zero-order valence-electron chi connectivity index (χ0n) is 9.68. The summed E-state index contributed by atoms with van der Waals surface area (Å²) in [5, 5.41) is 9.32. The Bertz CT molecular complexity index is 916. The van der Waals surface area contributed by atoms with Gasteiger partial charge in [0.15, 0.2) is 0 Å². The van der Waals surface area contributed by atoms with Crippen LogP contribution in [0.4, 0.5) is 5.69 Å². The topological polar surface area (TPSA) is 155 Å². The van der Waals surface area contributed by atoms with Crippen LogP contribution in [-0.2, 0) is 20.2 Å². The van der Waals surface area contributed by atoms with E-state index in [1.54, 1.807) is 0 Å². The first-order valence-electron chi connectivity index (χ1n) is 5.02. The molecular weight excluding hydrogens is 310 g/mol. The number of anilines is 1. The van der Waals surface area contributed by atoms with Gasteiger partial charge in [0, 0.05) is 11.1 Å². The van der Waals surface area contributed by atoms with E-state index in [4.69, 9.17) is 14.8 Å². The van der Waals surface area contributed by atoms with Crippen LogP contribution in [-0.4, -0.2) is 31.0 Å². The third-order valence-electron chi connectivity index (χ3n) is 2.61. The van der Waals surface area contributed by atoms with Crippen molar-refractivity contribution in [3.8, 4) is 5.75 Å². The van der Waals surface area contributed by atoms with E-state index in [9.17, 15) is 21.9 Å². The molecular formula is C10H9NO7S2. The van der Waals surface area contributed by atoms with Crippen LogP contribution in [0.1, 0.15) is 0 Å². The van der Waals surface area contributed by atoms with Gasteiger partial charge in [-0.25, -0.2) is 0 Å². The molecule has 0 saturated heterocycles. The maximum Gasteiger partial charge on any atom is 0.298 e. The number of aromatic hydroxyl groups is 1. The molecule has 8 nitrogen and oxygen atoms in total. The van der Waals surface area contributed by atoms with Gasteiger partial charge in [-0.1, -0.05) is 6.07 Å². The van der Waals surface area contributed by atoms with Gasteiger partial charge >= 0.3 is 0 Å². The van der Waals surface area contributed by atoms with E-state index in [0.717, 1.165) is 18.2 Å². The molecule has 0 saturated carbocycles. The fourth-order valence-electron chi connectivity index (χ4n) is 1.84. The summed E-state index contributed by atoms with van der Waals surface area (Å²) >= 11 is 0. The molecule has 0 atom stereocenters. The van der Waals surface area contributed by atoms with Crippen molar-refractivity contribution in [1.82, 2.24) is 0 Å². The van der Waals surface area contributed by atoms with Crippen LogP contribution in [0.25, 0.3) is 10.8 Å². The molecule has 0 aliphatic carbocycles. The Morgan fingerprint density at radius 3 is 2.05 bits per heavy atom. The van der Waals surface area contributed by atoms with Crippen molar-refractivity contribution in [2.45, 2.75) is 9.79 Å². The Hall–Kier alpha value is -1.88. The molecule has 0 heterocycles. The second kappa shape index (κ2) is 4.31. The molecule has 2 aromatic carbocycles. The average molecular weight is 319 g/mol. The summed E-state index contributed by atoms with van der Waals surface area (Å²) < 4.78 is 62.7. The predicted molar refractivity (Wildman–Crippen MR) is 69.7 cm³/mol. The first kappa shape index (κ1) is 14.5. The zero-order chi connectivity index (χ0) is 15.3. The number of hydrogen-bond acceptors (Lipinski definition) is 6. The second-order valence-electron chi connectivity index (χ2n) is 3.97. The Balaban J connectivity index is 3.03. The summed E-state index contributed by atoms with van der Waals surface area (Å²) in [6, 6.07) is 3.95. The van der Waals surface area contributed by atoms with Gasteiger partial charge in [-0.3, -0.25) is 9.11 Å². The lowest BCUT2D eigenvalue weighted by Crippen LogP contribution is -2.04. The average Bonchev–Trinajstić information content (AvgIpc) is 2.26. The summed E-state index contributed by atoms with van der Waals surface area (Å²) in [6.07, 6.45) is 0. The minimum absolute atomic E-state index is 0.0167. The molecule has 2 aromatic rings. The monoisotopic (exact) mass is 319 g/mol. The fourth-order valence-corrected chi connectivity index (χ4v) is 3.21. The van der Waals surface area contributed by atoms with Crippen LogP contribution in [0.3, 0.4) is 0 Å². The second-order valence-corrected chi connectivity index (χ2v) is 6.75. The van der Waals surface area contributed by atoms with Gasteiger partial charge in [0.2, 0.25) is 0 Å². The number of phenols is 1. The van der Waals surface area contributed by atoms with E-state index in [1.807, 2.05) is 0 Å². The molecule has 108 valence electrons. The molecule has 0 bridgehead atoms. The van der Waals surface area contributed by atoms with Crippen molar-refractivity contribution in [2.75, 3.05) is 5.73 Å². The SMILES string of the molecule is Nc1cc(S(=O)(=O)O)cc2ccc(O)c(S(=O)(=O)O)c12. The molecule has 20 heavy (non-hydrogen) atoms. The third-order valence-corrected chi connectivity index (χ3v) is 4.37. The van der Waals surface area contributed by atoms with Crippen molar-refractivity contribution in [1.29, 1.82) is 0 Å². The Kier molecular flexibility index (Phi) is 3.13. The third kappa shape index (κ3) is 2.41. The lowest BCUT2D eigenvalue weighted by atomic mass is 10.1. The van der Waals surface area contributed by atoms with Crippen LogP contribution in [0.2, 0.25) is 0 Å². The van der Waals surface area contributed by atoms with Gasteiger partial charge in [0.05, 0.1) is 4.90 Å². The summed E-state index contributed by atoms with van der Waals surface area (Å²) in [6.45, 7) is 0. The molecule has 0 unspecified atom stereocenters. The summed E-state index contributed by atoms with van der Waals surface area (Å²) in [5.74, 6) is -0.730. The number of fused-ring (bicyclic) bond motifs is 1. The molecule has 0 radical (unpaired) electrons. The number of phenolic OH excluding ortho intramolecular Hbond substituents is 1. The minimum Gasteiger partial charge on any atom is -0.506 e. The largest absolute Gasteiger partial charge is 0.506 e. The summed E-state index contributed by atoms with van der Waals surface area (Å²) in [4.78, 5) is -1.36. The molecule has 0 aromatic heterocycles. The van der Waals surface area contributed by atoms with E-state index in [0.29, 0.717) is 0 Å². The Morgan fingerprint density at radius 2 is 1.55 bits per heavy atom. The molecule has 10 heteroatoms. The van der Waals surface area contributed by atoms with Gasteiger partial charge < -0.3 is 10.8 Å². The molecule has 2 rings (SSSR count). The number of hydrogen-bond donors (Lipinski definition) is 4. The first-order chi connectivity index (χ1) is 9.01. The molecule has 0 spiro atoms. The highest BCUT2D eigenvalue weighted by Gasteiger charge is 2.23. The fraction of sp³-hybridized carbons (Fsp3) is 0. The van der Waals surface area contributed by atoms with Crippen LogP contribution >= 0.6 is 0 Å². The van der Waals surface area contributed by atoms with Gasteiger partial charge in [-0.15, -0.1) is 0 Å². The Labute approximate surface area is 114 Å². The van der Waals surface area contributed by atoms with E-state index in [-0.39, 0.29) is 16.5 Å². The molecule has 0 amide bonds. The zero-order valence-corrected chi connectivity index (χ0v) is 11.3. The van der Waals surface area contributed by atoms with Crippen LogP contribution in [0.5, 0.6) is 5.75 Å². The van der Waals surface area contributed by atoms with Crippen molar-refractivity contribution >= 4 is 36.7 Å². The minimum atomic E-state index is -4.77. The van der Waals surface area contributed by atoms with E-state index in [1.165, 1.54) is 6.07 Å². The summed E-state index contributed by atoms with van der Waals surface area (Å²) in [7, 11) is -9.30. The molecule has 5 N–H and O–H groups in total. The molecule has 0 aliphatic rings. The van der Waals surface area contributed by atoms with Crippen molar-refractivity contribution in [3.05, 3.63) is 24.3 Å². The molecule has 0 aliphatic heterocycles. The standard InChI is InChI=1S/C10H9NO7S2/c11-7-4-6(19(13,14)15)3-5-1-2-8(12)10(9(5)7)20(16,17)18/h1-4,12H,11H2,(H,13,14,15)(H,16,17,18). The van der Waals surface area contributed by atoms with E-state index >= 15 is 0 Å². The number of rotatable bonds is 2. The van der Waals surface area contributed by atoms with Gasteiger partial charge in [0.25, 0.3) is 20.2 Å². The normalized spacial score (nSPS) is 12.7. The van der Waals surface area contributed by atoms with Crippen molar-refractivity contribution < 1.29 is 31.0 Å². The highest BCUT2D eigenvalue weighted by Crippen LogP contribution is 2.36. The lowest BCUT2D eigenvalue weighted by Gasteiger charge is -2.10. The predicted octanol–water partition coefficient (Wildman–Crippen LogP) is 0.621. The summed E-state index contributed by atoms with van der Waals surface area (Å²) in [5.41, 5.74) is 5.22. The highest BCUT2D eigenvalue weighted by molar-refractivity contribution is 7.86.